The molecule has 0 aromatic heterocycles. The van der Waals surface area contributed by atoms with Gasteiger partial charge in [-0.25, -0.2) is 0 Å². The molecule has 0 amide bonds. The maximum absolute atomic E-state index is 11.1. The fourth-order valence-electron chi connectivity index (χ4n) is 2.97. The number of nitro benzene ring substituents is 1. The van der Waals surface area contributed by atoms with Gasteiger partial charge in [-0.15, -0.1) is 0 Å². The molecular weight excluding hydrogens is 306 g/mol. The second kappa shape index (κ2) is 8.63. The number of guanidine groups is 1. The molecular formula is C17H27N5O2. The average Bonchev–Trinajstić information content (AvgIpc) is 2.59. The van der Waals surface area contributed by atoms with Crippen LogP contribution in [0.5, 0.6) is 0 Å². The Labute approximate surface area is 143 Å². The van der Waals surface area contributed by atoms with Crippen molar-refractivity contribution in [1.29, 1.82) is 0 Å². The van der Waals surface area contributed by atoms with Crippen molar-refractivity contribution >= 4 is 11.6 Å². The zero-order valence-corrected chi connectivity index (χ0v) is 14.7. The molecule has 7 nitrogen and oxygen atoms in total. The lowest BCUT2D eigenvalue weighted by atomic mass is 10.0. The molecule has 0 unspecified atom stereocenters. The van der Waals surface area contributed by atoms with Crippen LogP contribution in [0.2, 0.25) is 0 Å². The van der Waals surface area contributed by atoms with Gasteiger partial charge in [0.1, 0.15) is 0 Å². The van der Waals surface area contributed by atoms with Crippen LogP contribution in [-0.2, 0) is 6.54 Å². The first-order valence-corrected chi connectivity index (χ1v) is 8.44. The Balaban J connectivity index is 1.87. The van der Waals surface area contributed by atoms with E-state index in [1.54, 1.807) is 19.2 Å². The molecule has 1 aromatic rings. The van der Waals surface area contributed by atoms with Gasteiger partial charge in [-0.1, -0.05) is 18.2 Å². The summed E-state index contributed by atoms with van der Waals surface area (Å²) in [6, 6.07) is 7.74. The third kappa shape index (κ3) is 4.92. The SMILES string of the molecule is CN=C(NCc1ccccc1[N+](=O)[O-])NC1CCN(C(C)C)CC1. The van der Waals surface area contributed by atoms with Gasteiger partial charge in [0.2, 0.25) is 0 Å². The van der Waals surface area contributed by atoms with E-state index >= 15 is 0 Å². The van der Waals surface area contributed by atoms with Crippen LogP contribution in [-0.4, -0.2) is 48.0 Å². The zero-order valence-electron chi connectivity index (χ0n) is 14.7. The first kappa shape index (κ1) is 18.2. The number of para-hydroxylation sites is 1. The predicted molar refractivity (Wildman–Crippen MR) is 96.2 cm³/mol. The molecule has 0 atom stereocenters. The molecule has 24 heavy (non-hydrogen) atoms. The van der Waals surface area contributed by atoms with Crippen LogP contribution in [0, 0.1) is 10.1 Å². The minimum absolute atomic E-state index is 0.130. The predicted octanol–water partition coefficient (Wildman–Crippen LogP) is 2.13. The number of nitrogens with zero attached hydrogens (tertiary/aromatic N) is 3. The molecule has 0 spiro atoms. The molecule has 1 aliphatic heterocycles. The first-order valence-electron chi connectivity index (χ1n) is 8.44. The zero-order chi connectivity index (χ0) is 17.5. The van der Waals surface area contributed by atoms with Crippen molar-refractivity contribution in [2.24, 2.45) is 4.99 Å². The van der Waals surface area contributed by atoms with Crippen LogP contribution in [0.4, 0.5) is 5.69 Å². The topological polar surface area (TPSA) is 82.8 Å². The summed E-state index contributed by atoms with van der Waals surface area (Å²) in [5.41, 5.74) is 0.783. The summed E-state index contributed by atoms with van der Waals surface area (Å²) in [5.74, 6) is 0.691. The quantitative estimate of drug-likeness (QED) is 0.373. The second-order valence-corrected chi connectivity index (χ2v) is 6.36. The van der Waals surface area contributed by atoms with Crippen molar-refractivity contribution < 1.29 is 4.92 Å². The van der Waals surface area contributed by atoms with E-state index in [0.717, 1.165) is 25.9 Å². The molecule has 1 aromatic carbocycles. The highest BCUT2D eigenvalue weighted by atomic mass is 16.6. The molecule has 1 fully saturated rings. The summed E-state index contributed by atoms with van der Waals surface area (Å²) in [5, 5.41) is 17.7. The van der Waals surface area contributed by atoms with Gasteiger partial charge in [0.05, 0.1) is 4.92 Å². The van der Waals surface area contributed by atoms with Crippen molar-refractivity contribution in [3.63, 3.8) is 0 Å². The Hall–Kier alpha value is -2.15. The van der Waals surface area contributed by atoms with Crippen molar-refractivity contribution in [3.8, 4) is 0 Å². The Morgan fingerprint density at radius 1 is 1.38 bits per heavy atom. The summed E-state index contributed by atoms with van der Waals surface area (Å²) in [4.78, 5) is 17.4. The number of rotatable bonds is 5. The van der Waals surface area contributed by atoms with Gasteiger partial charge in [-0.2, -0.15) is 0 Å². The van der Waals surface area contributed by atoms with Gasteiger partial charge in [0, 0.05) is 50.4 Å². The molecule has 0 aliphatic carbocycles. The maximum atomic E-state index is 11.1. The van der Waals surface area contributed by atoms with Crippen LogP contribution in [0.25, 0.3) is 0 Å². The first-order chi connectivity index (χ1) is 11.5. The third-order valence-corrected chi connectivity index (χ3v) is 4.46. The molecule has 7 heteroatoms. The average molecular weight is 333 g/mol. The van der Waals surface area contributed by atoms with E-state index in [4.69, 9.17) is 0 Å². The van der Waals surface area contributed by atoms with Gasteiger partial charge in [-0.3, -0.25) is 15.1 Å². The second-order valence-electron chi connectivity index (χ2n) is 6.36. The van der Waals surface area contributed by atoms with Gasteiger partial charge in [0.25, 0.3) is 5.69 Å². The monoisotopic (exact) mass is 333 g/mol. The van der Waals surface area contributed by atoms with Crippen molar-refractivity contribution in [2.75, 3.05) is 20.1 Å². The van der Waals surface area contributed by atoms with Crippen LogP contribution < -0.4 is 10.6 Å². The fraction of sp³-hybridized carbons (Fsp3) is 0.588. The van der Waals surface area contributed by atoms with Crippen LogP contribution in [0.15, 0.2) is 29.3 Å². The molecule has 1 heterocycles. The molecule has 1 saturated heterocycles. The van der Waals surface area contributed by atoms with E-state index in [2.05, 4.69) is 34.4 Å². The Kier molecular flexibility index (Phi) is 6.54. The number of likely N-dealkylation sites (tertiary alicyclic amines) is 1. The van der Waals surface area contributed by atoms with E-state index in [1.165, 1.54) is 6.07 Å². The lowest BCUT2D eigenvalue weighted by Gasteiger charge is -2.35. The lowest BCUT2D eigenvalue weighted by molar-refractivity contribution is -0.385. The molecule has 1 aliphatic rings. The minimum Gasteiger partial charge on any atom is -0.354 e. The smallest absolute Gasteiger partial charge is 0.274 e. The number of nitro groups is 1. The normalized spacial score (nSPS) is 17.1. The van der Waals surface area contributed by atoms with Crippen molar-refractivity contribution in [2.45, 2.75) is 45.3 Å². The number of benzene rings is 1. The van der Waals surface area contributed by atoms with E-state index in [0.29, 0.717) is 30.2 Å². The number of nitrogens with one attached hydrogen (secondary N) is 2. The van der Waals surface area contributed by atoms with E-state index in [9.17, 15) is 10.1 Å². The van der Waals surface area contributed by atoms with E-state index in [-0.39, 0.29) is 10.6 Å². The van der Waals surface area contributed by atoms with Gasteiger partial charge < -0.3 is 15.5 Å². The summed E-state index contributed by atoms with van der Waals surface area (Å²) < 4.78 is 0. The highest BCUT2D eigenvalue weighted by Gasteiger charge is 2.21. The van der Waals surface area contributed by atoms with Gasteiger partial charge in [0.15, 0.2) is 5.96 Å². The van der Waals surface area contributed by atoms with Crippen molar-refractivity contribution in [3.05, 3.63) is 39.9 Å². The van der Waals surface area contributed by atoms with E-state index in [1.807, 2.05) is 6.07 Å². The Bertz CT molecular complexity index is 580. The Morgan fingerprint density at radius 3 is 2.62 bits per heavy atom. The summed E-state index contributed by atoms with van der Waals surface area (Å²) >= 11 is 0. The fourth-order valence-corrected chi connectivity index (χ4v) is 2.97. The van der Waals surface area contributed by atoms with Crippen LogP contribution >= 0.6 is 0 Å². The van der Waals surface area contributed by atoms with Gasteiger partial charge >= 0.3 is 0 Å². The maximum Gasteiger partial charge on any atom is 0.274 e. The molecule has 2 rings (SSSR count). The Morgan fingerprint density at radius 2 is 2.04 bits per heavy atom. The minimum atomic E-state index is -0.352. The number of hydrogen-bond acceptors (Lipinski definition) is 4. The summed E-state index contributed by atoms with van der Waals surface area (Å²) in [6.07, 6.45) is 2.15. The highest BCUT2D eigenvalue weighted by Crippen LogP contribution is 2.17. The molecule has 0 radical (unpaired) electrons. The number of hydrogen-bond donors (Lipinski definition) is 2. The standard InChI is InChI=1S/C17H27N5O2/c1-13(2)21-10-8-15(9-11-21)20-17(18-3)19-12-14-6-4-5-7-16(14)22(23)24/h4-7,13,15H,8-12H2,1-3H3,(H2,18,19,20). The van der Waals surface area contributed by atoms with Gasteiger partial charge in [-0.05, 0) is 26.7 Å². The molecule has 0 saturated carbocycles. The highest BCUT2D eigenvalue weighted by molar-refractivity contribution is 5.80. The van der Waals surface area contributed by atoms with Crippen LogP contribution in [0.3, 0.4) is 0 Å². The molecule has 0 bridgehead atoms. The molecule has 2 N–H and O–H groups in total. The lowest BCUT2D eigenvalue weighted by Crippen LogP contribution is -2.49. The molecule has 132 valence electrons. The third-order valence-electron chi connectivity index (χ3n) is 4.46. The van der Waals surface area contributed by atoms with Crippen molar-refractivity contribution in [1.82, 2.24) is 15.5 Å². The number of piperidine rings is 1. The largest absolute Gasteiger partial charge is 0.354 e. The summed E-state index contributed by atoms with van der Waals surface area (Å²) in [6.45, 7) is 6.98. The number of aliphatic imine (C=N–C) groups is 1. The summed E-state index contributed by atoms with van der Waals surface area (Å²) in [7, 11) is 1.72. The van der Waals surface area contributed by atoms with Crippen LogP contribution in [0.1, 0.15) is 32.3 Å². The van der Waals surface area contributed by atoms with E-state index < -0.39 is 0 Å².